The highest BCUT2D eigenvalue weighted by Crippen LogP contribution is 2.51. The molecule has 2 heterocycles. The molecule has 4 aliphatic rings. The van der Waals surface area contributed by atoms with Crippen molar-refractivity contribution in [3.8, 4) is 5.75 Å². The summed E-state index contributed by atoms with van der Waals surface area (Å²) < 4.78 is 6.27. The Morgan fingerprint density at radius 1 is 0.769 bits per heavy atom. The van der Waals surface area contributed by atoms with Gasteiger partial charge in [-0.15, -0.1) is 0 Å². The van der Waals surface area contributed by atoms with Crippen LogP contribution in [0.1, 0.15) is 79.4 Å². The Hall–Kier alpha value is -1.96. The normalized spacial score (nSPS) is 34.1. The first-order valence-corrected chi connectivity index (χ1v) is 10.5. The predicted molar refractivity (Wildman–Crippen MR) is 105 cm³/mol. The zero-order valence-corrected chi connectivity index (χ0v) is 15.3. The predicted octanol–water partition coefficient (Wildman–Crippen LogP) is 5.95. The van der Waals surface area contributed by atoms with Crippen molar-refractivity contribution >= 4 is 5.69 Å². The number of anilines is 1. The van der Waals surface area contributed by atoms with Crippen molar-refractivity contribution in [3.05, 3.63) is 59.2 Å². The monoisotopic (exact) mass is 345 g/mol. The molecular formula is C24H27NO. The van der Waals surface area contributed by atoms with Crippen molar-refractivity contribution in [2.75, 3.05) is 5.32 Å². The van der Waals surface area contributed by atoms with Crippen molar-refractivity contribution < 1.29 is 4.74 Å². The van der Waals surface area contributed by atoms with E-state index >= 15 is 0 Å². The molecule has 2 aromatic carbocycles. The summed E-state index contributed by atoms with van der Waals surface area (Å²) in [5, 5.41) is 3.88. The fourth-order valence-electron chi connectivity index (χ4n) is 6.20. The summed E-state index contributed by atoms with van der Waals surface area (Å²) in [4.78, 5) is 0. The number of fused-ring (bicyclic) bond motifs is 6. The van der Waals surface area contributed by atoms with Gasteiger partial charge in [0.2, 0.25) is 0 Å². The van der Waals surface area contributed by atoms with E-state index in [-0.39, 0.29) is 0 Å². The lowest BCUT2D eigenvalue weighted by molar-refractivity contribution is 0.164. The van der Waals surface area contributed by atoms with Crippen LogP contribution in [0.4, 0.5) is 5.69 Å². The van der Waals surface area contributed by atoms with Crippen LogP contribution < -0.4 is 10.1 Å². The fraction of sp³-hybridized carbons (Fsp3) is 0.500. The highest BCUT2D eigenvalue weighted by molar-refractivity contribution is 5.61. The van der Waals surface area contributed by atoms with E-state index in [1.54, 1.807) is 5.56 Å². The van der Waals surface area contributed by atoms with Gasteiger partial charge in [0.15, 0.2) is 0 Å². The smallest absolute Gasteiger partial charge is 0.123 e. The van der Waals surface area contributed by atoms with E-state index in [1.807, 2.05) is 0 Å². The van der Waals surface area contributed by atoms with Crippen LogP contribution in [0, 0.1) is 0 Å². The van der Waals surface area contributed by atoms with Crippen LogP contribution >= 0.6 is 0 Å². The molecule has 0 aromatic heterocycles. The molecule has 2 aliphatic heterocycles. The number of hydrogen-bond donors (Lipinski definition) is 1. The van der Waals surface area contributed by atoms with Crippen molar-refractivity contribution in [2.45, 2.75) is 74.8 Å². The summed E-state index contributed by atoms with van der Waals surface area (Å²) in [5.41, 5.74) is 5.95. The van der Waals surface area contributed by atoms with Gasteiger partial charge in [-0.05, 0) is 55.4 Å². The van der Waals surface area contributed by atoms with Gasteiger partial charge in [0.05, 0.1) is 0 Å². The van der Waals surface area contributed by atoms with Crippen molar-refractivity contribution in [1.29, 1.82) is 0 Å². The lowest BCUT2D eigenvalue weighted by Crippen LogP contribution is -2.32. The van der Waals surface area contributed by atoms with Crippen LogP contribution in [-0.4, -0.2) is 12.1 Å². The summed E-state index contributed by atoms with van der Waals surface area (Å²) in [7, 11) is 0. The van der Waals surface area contributed by atoms with E-state index < -0.39 is 0 Å². The number of rotatable bonds is 1. The van der Waals surface area contributed by atoms with Gasteiger partial charge < -0.3 is 10.1 Å². The van der Waals surface area contributed by atoms with Crippen molar-refractivity contribution in [2.24, 2.45) is 0 Å². The highest BCUT2D eigenvalue weighted by atomic mass is 16.5. The molecule has 0 saturated heterocycles. The summed E-state index contributed by atoms with van der Waals surface area (Å²) >= 11 is 0. The van der Waals surface area contributed by atoms with Crippen LogP contribution in [-0.2, 0) is 0 Å². The summed E-state index contributed by atoms with van der Waals surface area (Å²) in [6.45, 7) is 0. The van der Waals surface area contributed by atoms with Gasteiger partial charge in [0, 0.05) is 35.0 Å². The largest absolute Gasteiger partial charge is 0.489 e. The quantitative estimate of drug-likeness (QED) is 0.689. The van der Waals surface area contributed by atoms with E-state index in [0.717, 1.165) is 0 Å². The Morgan fingerprint density at radius 3 is 2.62 bits per heavy atom. The van der Waals surface area contributed by atoms with Crippen LogP contribution in [0.25, 0.3) is 0 Å². The van der Waals surface area contributed by atoms with Gasteiger partial charge in [-0.25, -0.2) is 0 Å². The van der Waals surface area contributed by atoms with Crippen LogP contribution in [0.15, 0.2) is 42.5 Å². The molecule has 0 amide bonds. The third-order valence-electron chi connectivity index (χ3n) is 7.42. The number of ether oxygens (including phenoxy) is 1. The number of para-hydroxylation sites is 1. The molecule has 2 aromatic rings. The van der Waals surface area contributed by atoms with Gasteiger partial charge in [-0.3, -0.25) is 0 Å². The first-order valence-electron chi connectivity index (χ1n) is 10.5. The molecule has 5 unspecified atom stereocenters. The first-order chi connectivity index (χ1) is 12.9. The van der Waals surface area contributed by atoms with Gasteiger partial charge in [-0.1, -0.05) is 43.2 Å². The van der Waals surface area contributed by atoms with Gasteiger partial charge >= 0.3 is 0 Å². The molecular weight excluding hydrogens is 318 g/mol. The summed E-state index contributed by atoms with van der Waals surface area (Å²) in [6, 6.07) is 16.7. The zero-order chi connectivity index (χ0) is 17.1. The Morgan fingerprint density at radius 2 is 1.62 bits per heavy atom. The summed E-state index contributed by atoms with van der Waals surface area (Å²) in [6.07, 6.45) is 9.64. The second-order valence-corrected chi connectivity index (χ2v) is 8.75. The SMILES string of the molecule is c1ccc2c(c1)NC1C(c3ccc4c(c3)C3CCCCC3O4)CCCC21. The Labute approximate surface area is 156 Å². The highest BCUT2D eigenvalue weighted by Gasteiger charge is 2.41. The fourth-order valence-corrected chi connectivity index (χ4v) is 6.20. The maximum absolute atomic E-state index is 6.27. The molecule has 0 bridgehead atoms. The average Bonchev–Trinajstić information content (AvgIpc) is 3.25. The van der Waals surface area contributed by atoms with Crippen LogP contribution in [0.2, 0.25) is 0 Å². The number of benzene rings is 2. The molecule has 2 heteroatoms. The molecule has 5 atom stereocenters. The zero-order valence-electron chi connectivity index (χ0n) is 15.3. The maximum atomic E-state index is 6.27. The number of nitrogens with one attached hydrogen (secondary N) is 1. The molecule has 26 heavy (non-hydrogen) atoms. The van der Waals surface area contributed by atoms with Crippen LogP contribution in [0.5, 0.6) is 5.75 Å². The molecule has 2 nitrogen and oxygen atoms in total. The van der Waals surface area contributed by atoms with E-state index in [1.165, 1.54) is 67.5 Å². The third kappa shape index (κ3) is 2.17. The Bertz CT molecular complexity index is 844. The number of hydrogen-bond acceptors (Lipinski definition) is 2. The minimum absolute atomic E-state index is 0.446. The third-order valence-corrected chi connectivity index (χ3v) is 7.42. The lowest BCUT2D eigenvalue weighted by Gasteiger charge is -2.35. The molecule has 2 saturated carbocycles. The lowest BCUT2D eigenvalue weighted by atomic mass is 9.72. The van der Waals surface area contributed by atoms with E-state index in [0.29, 0.717) is 29.9 Å². The minimum Gasteiger partial charge on any atom is -0.489 e. The molecule has 0 radical (unpaired) electrons. The molecule has 6 rings (SSSR count). The topological polar surface area (TPSA) is 21.3 Å². The van der Waals surface area contributed by atoms with Crippen molar-refractivity contribution in [3.63, 3.8) is 0 Å². The maximum Gasteiger partial charge on any atom is 0.123 e. The first kappa shape index (κ1) is 15.1. The van der Waals surface area contributed by atoms with Gasteiger partial charge in [0.25, 0.3) is 0 Å². The summed E-state index contributed by atoms with van der Waals surface area (Å²) in [5.74, 6) is 3.11. The van der Waals surface area contributed by atoms with E-state index in [2.05, 4.69) is 47.8 Å². The van der Waals surface area contributed by atoms with Crippen molar-refractivity contribution in [1.82, 2.24) is 0 Å². The van der Waals surface area contributed by atoms with E-state index in [9.17, 15) is 0 Å². The van der Waals surface area contributed by atoms with Gasteiger partial charge in [-0.2, -0.15) is 0 Å². The molecule has 0 spiro atoms. The second-order valence-electron chi connectivity index (χ2n) is 8.75. The van der Waals surface area contributed by atoms with Crippen LogP contribution in [0.3, 0.4) is 0 Å². The molecule has 2 fully saturated rings. The Kier molecular flexibility index (Phi) is 3.36. The average molecular weight is 345 g/mol. The molecule has 2 aliphatic carbocycles. The molecule has 134 valence electrons. The standard InChI is InChI=1S/C24H27NO/c1-3-10-21-17(6-1)19-9-5-8-16(24(19)25-21)15-12-13-23-20(14-15)18-7-2-4-11-22(18)26-23/h1,3,6,10,12-14,16,18-19,22,24-25H,2,4-5,7-9,11H2. The Balaban J connectivity index is 1.34. The molecule has 1 N–H and O–H groups in total. The van der Waals surface area contributed by atoms with Gasteiger partial charge in [0.1, 0.15) is 11.9 Å². The van der Waals surface area contributed by atoms with E-state index in [4.69, 9.17) is 4.74 Å². The second kappa shape index (κ2) is 5.77. The minimum atomic E-state index is 0.446.